The van der Waals surface area contributed by atoms with E-state index in [4.69, 9.17) is 5.26 Å². The summed E-state index contributed by atoms with van der Waals surface area (Å²) in [6.07, 6.45) is 4.66. The number of carbonyl (C=O) groups is 3. The Morgan fingerprint density at radius 3 is 2.80 bits per heavy atom. The molecule has 2 aliphatic heterocycles. The summed E-state index contributed by atoms with van der Waals surface area (Å²) in [5, 5.41) is 34.9. The lowest BCUT2D eigenvalue weighted by Gasteiger charge is -2.31. The van der Waals surface area contributed by atoms with Crippen LogP contribution in [0.2, 0.25) is 0 Å². The largest absolute Gasteiger partial charge is 0.480 e. The SMILES string of the molecule is Cc1cc2c(c(C)c1C(=O)N[C@@H](CN=C(CN1CC[C@@H](N=O)C1)NC#N)C(=O)O)CCN(C(=O)c1ccc3cn[nH]c3c1)C2. The first-order chi connectivity index (χ1) is 21.2. The third kappa shape index (κ3) is 6.42. The Morgan fingerprint density at radius 2 is 2.07 bits per heavy atom. The van der Waals surface area contributed by atoms with Crippen molar-refractivity contribution < 1.29 is 19.5 Å². The number of aliphatic imine (C=N–C) groups is 1. The molecule has 0 bridgehead atoms. The van der Waals surface area contributed by atoms with Gasteiger partial charge in [0.25, 0.3) is 11.8 Å². The number of carbonyl (C=O) groups excluding carboxylic acids is 2. The van der Waals surface area contributed by atoms with Gasteiger partial charge in [-0.15, -0.1) is 0 Å². The van der Waals surface area contributed by atoms with E-state index < -0.39 is 17.9 Å². The van der Waals surface area contributed by atoms with Crippen LogP contribution in [0.1, 0.15) is 49.4 Å². The maximum atomic E-state index is 13.4. The Labute approximate surface area is 253 Å². The van der Waals surface area contributed by atoms with Crippen molar-refractivity contribution in [3.8, 4) is 6.19 Å². The summed E-state index contributed by atoms with van der Waals surface area (Å²) >= 11 is 0. The number of H-pyrrole nitrogens is 1. The van der Waals surface area contributed by atoms with Crippen molar-refractivity contribution in [2.75, 3.05) is 32.7 Å². The lowest BCUT2D eigenvalue weighted by molar-refractivity contribution is -0.138. The van der Waals surface area contributed by atoms with Gasteiger partial charge in [-0.1, -0.05) is 17.3 Å². The third-order valence-corrected chi connectivity index (χ3v) is 8.23. The molecule has 14 heteroatoms. The number of benzene rings is 2. The first-order valence-electron chi connectivity index (χ1n) is 14.3. The number of nitriles is 1. The quantitative estimate of drug-likeness (QED) is 0.0933. The van der Waals surface area contributed by atoms with Crippen molar-refractivity contribution >= 4 is 34.5 Å². The minimum atomic E-state index is -1.34. The minimum absolute atomic E-state index is 0.0932. The van der Waals surface area contributed by atoms with E-state index in [1.807, 2.05) is 24.0 Å². The van der Waals surface area contributed by atoms with Crippen LogP contribution in [0.4, 0.5) is 0 Å². The van der Waals surface area contributed by atoms with E-state index in [9.17, 15) is 24.4 Å². The fourth-order valence-corrected chi connectivity index (χ4v) is 5.97. The van der Waals surface area contributed by atoms with Crippen LogP contribution >= 0.6 is 0 Å². The number of nitrogens with zero attached hydrogens (tertiary/aromatic N) is 6. The van der Waals surface area contributed by atoms with Gasteiger partial charge in [0, 0.05) is 42.7 Å². The smallest absolute Gasteiger partial charge is 0.328 e. The van der Waals surface area contributed by atoms with Gasteiger partial charge >= 0.3 is 5.97 Å². The van der Waals surface area contributed by atoms with Crippen molar-refractivity contribution in [2.24, 2.45) is 10.2 Å². The van der Waals surface area contributed by atoms with Gasteiger partial charge in [-0.25, -0.2) is 4.79 Å². The summed E-state index contributed by atoms with van der Waals surface area (Å²) in [6.45, 7) is 5.45. The molecule has 4 N–H and O–H groups in total. The maximum absolute atomic E-state index is 13.4. The number of amidine groups is 1. The molecule has 0 radical (unpaired) electrons. The van der Waals surface area contributed by atoms with Crippen LogP contribution in [-0.4, -0.2) is 93.5 Å². The second kappa shape index (κ2) is 13.0. The van der Waals surface area contributed by atoms with Crippen LogP contribution in [0.3, 0.4) is 0 Å². The van der Waals surface area contributed by atoms with Crippen LogP contribution in [0, 0.1) is 30.2 Å². The number of hydrogen-bond acceptors (Lipinski definition) is 9. The van der Waals surface area contributed by atoms with E-state index in [0.29, 0.717) is 55.7 Å². The Hall–Kier alpha value is -5.16. The number of aliphatic carboxylic acids is 1. The molecule has 1 saturated heterocycles. The maximum Gasteiger partial charge on any atom is 0.328 e. The third-order valence-electron chi connectivity index (χ3n) is 8.23. The lowest BCUT2D eigenvalue weighted by atomic mass is 9.88. The number of aryl methyl sites for hydroxylation is 1. The number of hydrogen-bond donors (Lipinski definition) is 4. The van der Waals surface area contributed by atoms with E-state index in [1.165, 1.54) is 0 Å². The number of carboxylic acid groups (broad SMARTS) is 1. The summed E-state index contributed by atoms with van der Waals surface area (Å²) in [5.41, 5.74) is 5.06. The predicted molar refractivity (Wildman–Crippen MR) is 161 cm³/mol. The number of nitrogens with one attached hydrogen (secondary N) is 3. The van der Waals surface area contributed by atoms with E-state index in [-0.39, 0.29) is 30.9 Å². The van der Waals surface area contributed by atoms with Crippen LogP contribution in [0.15, 0.2) is 40.6 Å². The molecule has 2 aliphatic rings. The molecule has 2 aromatic carbocycles. The summed E-state index contributed by atoms with van der Waals surface area (Å²) in [5.74, 6) is -1.65. The summed E-state index contributed by atoms with van der Waals surface area (Å²) in [7, 11) is 0. The van der Waals surface area contributed by atoms with Crippen LogP contribution < -0.4 is 10.6 Å². The van der Waals surface area contributed by atoms with Gasteiger partial charge in [-0.2, -0.15) is 15.3 Å². The molecule has 2 amide bonds. The number of amides is 2. The lowest BCUT2D eigenvalue weighted by Crippen LogP contribution is -2.44. The summed E-state index contributed by atoms with van der Waals surface area (Å²) in [4.78, 5) is 57.6. The van der Waals surface area contributed by atoms with Crippen molar-refractivity contribution in [1.82, 2.24) is 30.6 Å². The zero-order chi connectivity index (χ0) is 31.4. The number of aromatic amines is 1. The Bertz CT molecular complexity index is 1690. The highest BCUT2D eigenvalue weighted by atomic mass is 16.4. The van der Waals surface area contributed by atoms with Crippen molar-refractivity contribution in [3.05, 3.63) is 68.8 Å². The van der Waals surface area contributed by atoms with E-state index in [2.05, 4.69) is 31.0 Å². The highest BCUT2D eigenvalue weighted by Crippen LogP contribution is 2.29. The number of likely N-dealkylation sites (tertiary alicyclic amines) is 1. The van der Waals surface area contributed by atoms with Gasteiger partial charge in [-0.05, 0) is 61.1 Å². The molecule has 228 valence electrons. The molecule has 0 aliphatic carbocycles. The number of fused-ring (bicyclic) bond motifs is 2. The van der Waals surface area contributed by atoms with Crippen LogP contribution in [-0.2, 0) is 17.8 Å². The molecule has 2 atom stereocenters. The van der Waals surface area contributed by atoms with Crippen LogP contribution in [0.5, 0.6) is 0 Å². The molecule has 3 heterocycles. The first-order valence-corrected chi connectivity index (χ1v) is 14.3. The molecular formula is C30H33N9O5. The standard InChI is InChI=1S/C30H33N9O5/c1-17-9-21-13-39(29(41)19-3-4-20-11-34-36-24(20)10-19)8-6-23(21)18(2)27(17)28(40)35-25(30(42)43)12-32-26(33-16-31)15-38-7-5-22(14-38)37-44/h3-4,9-11,22,25H,5-8,12-15H2,1-2H3,(H,32,33)(H,34,36)(H,35,40)(H,42,43)/t22-,25+/m1/s1. The average molecular weight is 600 g/mol. The average Bonchev–Trinajstić information content (AvgIpc) is 3.67. The van der Waals surface area contributed by atoms with E-state index in [1.54, 1.807) is 36.3 Å². The van der Waals surface area contributed by atoms with Crippen molar-refractivity contribution in [1.29, 1.82) is 5.26 Å². The number of nitroso groups, excluding NO2 is 1. The molecule has 3 aromatic rings. The molecule has 0 unspecified atom stereocenters. The Kier molecular flexibility index (Phi) is 8.96. The number of aromatic nitrogens is 2. The molecule has 44 heavy (non-hydrogen) atoms. The molecular weight excluding hydrogens is 566 g/mol. The zero-order valence-electron chi connectivity index (χ0n) is 24.5. The fourth-order valence-electron chi connectivity index (χ4n) is 5.97. The number of carboxylic acids is 1. The summed E-state index contributed by atoms with van der Waals surface area (Å²) < 4.78 is 0. The normalized spacial score (nSPS) is 17.5. The van der Waals surface area contributed by atoms with E-state index >= 15 is 0 Å². The van der Waals surface area contributed by atoms with Gasteiger partial charge in [0.15, 0.2) is 6.19 Å². The Balaban J connectivity index is 1.28. The highest BCUT2D eigenvalue weighted by Gasteiger charge is 2.29. The van der Waals surface area contributed by atoms with E-state index in [0.717, 1.165) is 27.6 Å². The minimum Gasteiger partial charge on any atom is -0.480 e. The topological polar surface area (TPSA) is 196 Å². The van der Waals surface area contributed by atoms with Crippen LogP contribution in [0.25, 0.3) is 10.9 Å². The zero-order valence-corrected chi connectivity index (χ0v) is 24.5. The van der Waals surface area contributed by atoms with Gasteiger partial charge < -0.3 is 15.3 Å². The molecule has 5 rings (SSSR count). The molecule has 1 aromatic heterocycles. The highest BCUT2D eigenvalue weighted by molar-refractivity contribution is 6.00. The van der Waals surface area contributed by atoms with Gasteiger partial charge in [0.1, 0.15) is 17.9 Å². The second-order valence-corrected chi connectivity index (χ2v) is 11.2. The Morgan fingerprint density at radius 1 is 1.25 bits per heavy atom. The summed E-state index contributed by atoms with van der Waals surface area (Å²) in [6, 6.07) is 5.66. The molecule has 14 nitrogen and oxygen atoms in total. The monoisotopic (exact) mass is 599 g/mol. The molecule has 1 fully saturated rings. The molecule has 0 spiro atoms. The fraction of sp³-hybridized carbons (Fsp3) is 0.400. The van der Waals surface area contributed by atoms with Crippen molar-refractivity contribution in [2.45, 2.75) is 45.3 Å². The number of rotatable bonds is 9. The molecule has 0 saturated carbocycles. The predicted octanol–water partition coefficient (Wildman–Crippen LogP) is 1.87. The first kappa shape index (κ1) is 30.3. The second-order valence-electron chi connectivity index (χ2n) is 11.2. The van der Waals surface area contributed by atoms with Gasteiger partial charge in [-0.3, -0.25) is 29.9 Å². The van der Waals surface area contributed by atoms with Gasteiger partial charge in [0.2, 0.25) is 0 Å². The van der Waals surface area contributed by atoms with Crippen molar-refractivity contribution in [3.63, 3.8) is 0 Å². The van der Waals surface area contributed by atoms with Gasteiger partial charge in [0.05, 0.1) is 24.8 Å².